The van der Waals surface area contributed by atoms with Crippen molar-refractivity contribution in [1.82, 2.24) is 4.90 Å². The summed E-state index contributed by atoms with van der Waals surface area (Å²) in [6.07, 6.45) is 0.822. The van der Waals surface area contributed by atoms with Crippen LogP contribution in [0, 0.1) is 10.1 Å². The molecule has 1 amide bonds. The largest absolute Gasteiger partial charge is 0.477 e. The highest BCUT2D eigenvalue weighted by atomic mass is 32.1. The molecule has 0 saturated heterocycles. The van der Waals surface area contributed by atoms with Gasteiger partial charge in [0.1, 0.15) is 4.88 Å². The number of aromatic carboxylic acids is 1. The Morgan fingerprint density at radius 1 is 1.29 bits per heavy atom. The molecule has 124 valence electrons. The molecule has 0 spiro atoms. The Morgan fingerprint density at radius 2 is 2.00 bits per heavy atom. The molecule has 0 unspecified atom stereocenters. The molecule has 24 heavy (non-hydrogen) atoms. The smallest absolute Gasteiger partial charge is 0.345 e. The predicted octanol–water partition coefficient (Wildman–Crippen LogP) is 2.48. The van der Waals surface area contributed by atoms with E-state index in [2.05, 4.69) is 0 Å². The van der Waals surface area contributed by atoms with Gasteiger partial charge in [-0.1, -0.05) is 12.1 Å². The summed E-state index contributed by atoms with van der Waals surface area (Å²) < 4.78 is 0. The molecule has 0 bridgehead atoms. The van der Waals surface area contributed by atoms with Crippen LogP contribution in [0.2, 0.25) is 0 Å². The van der Waals surface area contributed by atoms with Gasteiger partial charge in [0.2, 0.25) is 5.91 Å². The van der Waals surface area contributed by atoms with Crippen LogP contribution in [0.15, 0.2) is 30.3 Å². The third kappa shape index (κ3) is 3.28. The second kappa shape index (κ2) is 6.40. The molecule has 2 heterocycles. The second-order valence-electron chi connectivity index (χ2n) is 5.53. The zero-order chi connectivity index (χ0) is 17.3. The zero-order valence-electron chi connectivity index (χ0n) is 12.6. The van der Waals surface area contributed by atoms with Gasteiger partial charge in [0.05, 0.1) is 11.3 Å². The molecule has 0 saturated carbocycles. The Kier molecular flexibility index (Phi) is 4.30. The minimum Gasteiger partial charge on any atom is -0.477 e. The van der Waals surface area contributed by atoms with Crippen LogP contribution in [-0.2, 0) is 24.2 Å². The van der Waals surface area contributed by atoms with E-state index < -0.39 is 10.9 Å². The summed E-state index contributed by atoms with van der Waals surface area (Å²) in [4.78, 5) is 36.6. The van der Waals surface area contributed by atoms with Gasteiger partial charge in [-0.15, -0.1) is 11.3 Å². The van der Waals surface area contributed by atoms with E-state index in [4.69, 9.17) is 5.11 Å². The van der Waals surface area contributed by atoms with Crippen LogP contribution in [-0.4, -0.2) is 33.4 Å². The number of carbonyl (C=O) groups is 2. The number of nitro benzene ring substituents is 1. The van der Waals surface area contributed by atoms with Gasteiger partial charge in [0.25, 0.3) is 5.69 Å². The number of nitro groups is 1. The van der Waals surface area contributed by atoms with Gasteiger partial charge in [0, 0.05) is 30.1 Å². The maximum Gasteiger partial charge on any atom is 0.345 e. The number of thiophene rings is 1. The van der Waals surface area contributed by atoms with E-state index >= 15 is 0 Å². The van der Waals surface area contributed by atoms with Gasteiger partial charge in [0.15, 0.2) is 0 Å². The lowest BCUT2D eigenvalue weighted by Gasteiger charge is -2.27. The molecule has 0 fully saturated rings. The van der Waals surface area contributed by atoms with E-state index in [-0.39, 0.29) is 18.0 Å². The van der Waals surface area contributed by atoms with E-state index in [9.17, 15) is 19.7 Å². The van der Waals surface area contributed by atoms with Crippen molar-refractivity contribution in [2.45, 2.75) is 19.4 Å². The summed E-state index contributed by atoms with van der Waals surface area (Å²) >= 11 is 1.26. The number of carbonyl (C=O) groups excluding carboxylic acids is 1. The first-order chi connectivity index (χ1) is 11.4. The van der Waals surface area contributed by atoms with Crippen LogP contribution in [0.3, 0.4) is 0 Å². The monoisotopic (exact) mass is 346 g/mol. The van der Waals surface area contributed by atoms with Crippen molar-refractivity contribution < 1.29 is 19.6 Å². The predicted molar refractivity (Wildman–Crippen MR) is 87.2 cm³/mol. The molecule has 3 rings (SSSR count). The van der Waals surface area contributed by atoms with Crippen LogP contribution in [0.25, 0.3) is 0 Å². The summed E-state index contributed by atoms with van der Waals surface area (Å²) in [5.74, 6) is -1.02. The van der Waals surface area contributed by atoms with Gasteiger partial charge < -0.3 is 10.0 Å². The lowest BCUT2D eigenvalue weighted by atomic mass is 10.1. The highest BCUT2D eigenvalue weighted by Gasteiger charge is 2.24. The maximum absolute atomic E-state index is 12.4. The SMILES string of the molecule is O=C(O)c1cc2c(s1)CCN(C(=O)Cc1ccc([N+](=O)[O-])cc1)C2. The summed E-state index contributed by atoms with van der Waals surface area (Å²) in [5, 5.41) is 19.7. The normalized spacial score (nSPS) is 13.4. The molecule has 0 aliphatic carbocycles. The van der Waals surface area contributed by atoms with Crippen molar-refractivity contribution in [2.24, 2.45) is 0 Å². The van der Waals surface area contributed by atoms with Gasteiger partial charge in [-0.3, -0.25) is 14.9 Å². The number of hydrogen-bond acceptors (Lipinski definition) is 5. The number of carboxylic acid groups (broad SMARTS) is 1. The minimum absolute atomic E-state index is 0.00622. The van der Waals surface area contributed by atoms with Crippen molar-refractivity contribution in [2.75, 3.05) is 6.54 Å². The molecule has 1 aliphatic rings. The van der Waals surface area contributed by atoms with E-state index in [1.54, 1.807) is 23.1 Å². The van der Waals surface area contributed by atoms with E-state index in [1.165, 1.54) is 23.5 Å². The van der Waals surface area contributed by atoms with Crippen LogP contribution < -0.4 is 0 Å². The maximum atomic E-state index is 12.4. The molecular formula is C16H14N2O5S. The Morgan fingerprint density at radius 3 is 2.62 bits per heavy atom. The molecule has 1 aliphatic heterocycles. The third-order valence-corrected chi connectivity index (χ3v) is 5.16. The van der Waals surface area contributed by atoms with Crippen molar-refractivity contribution in [1.29, 1.82) is 0 Å². The van der Waals surface area contributed by atoms with Crippen LogP contribution in [0.1, 0.15) is 25.7 Å². The van der Waals surface area contributed by atoms with Gasteiger partial charge in [-0.05, 0) is 23.6 Å². The summed E-state index contributed by atoms with van der Waals surface area (Å²) in [7, 11) is 0. The standard InChI is InChI=1S/C16H14N2O5S/c19-15(7-10-1-3-12(4-2-10)18(22)23)17-6-5-13-11(9-17)8-14(24-13)16(20)21/h1-4,8H,5-7,9H2,(H,20,21). The van der Waals surface area contributed by atoms with Crippen molar-refractivity contribution in [3.63, 3.8) is 0 Å². The topological polar surface area (TPSA) is 101 Å². The Bertz CT molecular complexity index is 812. The lowest BCUT2D eigenvalue weighted by molar-refractivity contribution is -0.384. The number of nitrogens with zero attached hydrogens (tertiary/aromatic N) is 2. The van der Waals surface area contributed by atoms with Gasteiger partial charge >= 0.3 is 5.97 Å². The van der Waals surface area contributed by atoms with Crippen molar-refractivity contribution >= 4 is 28.9 Å². The minimum atomic E-state index is -0.946. The highest BCUT2D eigenvalue weighted by molar-refractivity contribution is 7.14. The second-order valence-corrected chi connectivity index (χ2v) is 6.67. The number of fused-ring (bicyclic) bond motifs is 1. The van der Waals surface area contributed by atoms with E-state index in [0.29, 0.717) is 30.0 Å². The first-order valence-corrected chi connectivity index (χ1v) is 8.11. The number of benzene rings is 1. The van der Waals surface area contributed by atoms with Crippen molar-refractivity contribution in [3.8, 4) is 0 Å². The average Bonchev–Trinajstić information content (AvgIpc) is 2.98. The van der Waals surface area contributed by atoms with Gasteiger partial charge in [-0.25, -0.2) is 4.79 Å². The molecule has 1 N–H and O–H groups in total. The highest BCUT2D eigenvalue weighted by Crippen LogP contribution is 2.28. The number of rotatable bonds is 4. The lowest BCUT2D eigenvalue weighted by Crippen LogP contribution is -2.36. The summed E-state index contributed by atoms with van der Waals surface area (Å²) in [6, 6.07) is 7.56. The number of carboxylic acids is 1. The first-order valence-electron chi connectivity index (χ1n) is 7.30. The Hall–Kier alpha value is -2.74. The third-order valence-electron chi connectivity index (χ3n) is 3.93. The fourth-order valence-electron chi connectivity index (χ4n) is 2.67. The molecule has 8 heteroatoms. The molecule has 1 aromatic carbocycles. The molecule has 2 aromatic rings. The van der Waals surface area contributed by atoms with E-state index in [0.717, 1.165) is 10.4 Å². The fourth-order valence-corrected chi connectivity index (χ4v) is 3.68. The summed E-state index contributed by atoms with van der Waals surface area (Å²) in [6.45, 7) is 0.962. The van der Waals surface area contributed by atoms with Crippen LogP contribution in [0.5, 0.6) is 0 Å². The number of amides is 1. The van der Waals surface area contributed by atoms with E-state index in [1.807, 2.05) is 0 Å². The molecule has 0 radical (unpaired) electrons. The average molecular weight is 346 g/mol. The molecular weight excluding hydrogens is 332 g/mol. The summed E-state index contributed by atoms with van der Waals surface area (Å²) in [5.41, 5.74) is 1.60. The fraction of sp³-hybridized carbons (Fsp3) is 0.250. The molecule has 0 atom stereocenters. The van der Waals surface area contributed by atoms with Crippen LogP contribution in [0.4, 0.5) is 5.69 Å². The molecule has 1 aromatic heterocycles. The van der Waals surface area contributed by atoms with Crippen LogP contribution >= 0.6 is 11.3 Å². The first kappa shape index (κ1) is 16.1. The zero-order valence-corrected chi connectivity index (χ0v) is 13.4. The molecule has 7 nitrogen and oxygen atoms in total. The Labute approximate surface area is 141 Å². The number of non-ortho nitro benzene ring substituents is 1. The number of hydrogen-bond donors (Lipinski definition) is 1. The van der Waals surface area contributed by atoms with Gasteiger partial charge in [-0.2, -0.15) is 0 Å². The quantitative estimate of drug-likeness (QED) is 0.677. The van der Waals surface area contributed by atoms with Crippen molar-refractivity contribution in [3.05, 3.63) is 61.3 Å². The Balaban J connectivity index is 1.67.